The third kappa shape index (κ3) is 3.54. The molecule has 1 aromatic heterocycles. The lowest BCUT2D eigenvalue weighted by atomic mass is 10.2. The number of hydrogen-bond donors (Lipinski definition) is 0. The van der Waals surface area contributed by atoms with E-state index in [1.807, 2.05) is 30.3 Å². The Kier molecular flexibility index (Phi) is 4.12. The SMILES string of the molecule is CN(Cc1cnnn1C)C(=O)OCc1ccccc1. The molecule has 1 amide bonds. The molecule has 0 aliphatic heterocycles. The summed E-state index contributed by atoms with van der Waals surface area (Å²) >= 11 is 0. The highest BCUT2D eigenvalue weighted by Gasteiger charge is 2.12. The Hall–Kier alpha value is -2.37. The zero-order valence-corrected chi connectivity index (χ0v) is 11.0. The molecule has 0 radical (unpaired) electrons. The first-order valence-corrected chi connectivity index (χ1v) is 5.92. The second kappa shape index (κ2) is 5.99. The summed E-state index contributed by atoms with van der Waals surface area (Å²) < 4.78 is 6.84. The third-order valence-electron chi connectivity index (χ3n) is 2.72. The molecule has 0 fully saturated rings. The van der Waals surface area contributed by atoms with Crippen molar-refractivity contribution in [2.45, 2.75) is 13.2 Å². The van der Waals surface area contributed by atoms with Crippen LogP contribution in [0.2, 0.25) is 0 Å². The van der Waals surface area contributed by atoms with E-state index in [2.05, 4.69) is 10.3 Å². The van der Waals surface area contributed by atoms with Crippen LogP contribution in [0, 0.1) is 0 Å². The Labute approximate surface area is 111 Å². The Morgan fingerprint density at radius 3 is 2.74 bits per heavy atom. The number of benzene rings is 1. The van der Waals surface area contributed by atoms with Gasteiger partial charge >= 0.3 is 6.09 Å². The summed E-state index contributed by atoms with van der Waals surface area (Å²) in [5.41, 5.74) is 1.81. The van der Waals surface area contributed by atoms with Gasteiger partial charge in [0.1, 0.15) is 6.61 Å². The Bertz CT molecular complexity index is 539. The molecule has 6 heteroatoms. The fourth-order valence-electron chi connectivity index (χ4n) is 1.59. The van der Waals surface area contributed by atoms with E-state index in [1.54, 1.807) is 25.0 Å². The van der Waals surface area contributed by atoms with Gasteiger partial charge in [-0.25, -0.2) is 4.79 Å². The van der Waals surface area contributed by atoms with Gasteiger partial charge in [0.05, 0.1) is 18.4 Å². The van der Waals surface area contributed by atoms with Gasteiger partial charge in [0.2, 0.25) is 0 Å². The number of aryl methyl sites for hydroxylation is 1. The molecule has 0 N–H and O–H groups in total. The molecule has 100 valence electrons. The number of rotatable bonds is 4. The predicted octanol–water partition coefficient (Wildman–Crippen LogP) is 1.58. The van der Waals surface area contributed by atoms with Gasteiger partial charge in [-0.1, -0.05) is 35.5 Å². The number of carbonyl (C=O) groups excluding carboxylic acids is 1. The quantitative estimate of drug-likeness (QED) is 0.837. The van der Waals surface area contributed by atoms with Gasteiger partial charge in [0.15, 0.2) is 0 Å². The predicted molar refractivity (Wildman–Crippen MR) is 69.1 cm³/mol. The van der Waals surface area contributed by atoms with E-state index in [-0.39, 0.29) is 12.7 Å². The highest BCUT2D eigenvalue weighted by molar-refractivity contribution is 5.67. The van der Waals surface area contributed by atoms with E-state index in [9.17, 15) is 4.79 Å². The molecular weight excluding hydrogens is 244 g/mol. The molecule has 1 aromatic carbocycles. The Morgan fingerprint density at radius 2 is 2.11 bits per heavy atom. The van der Waals surface area contributed by atoms with Crippen molar-refractivity contribution in [1.29, 1.82) is 0 Å². The van der Waals surface area contributed by atoms with E-state index in [4.69, 9.17) is 4.74 Å². The summed E-state index contributed by atoms with van der Waals surface area (Å²) in [7, 11) is 3.46. The standard InChI is InChI=1S/C13H16N4O2/c1-16(9-12-8-14-15-17(12)2)13(18)19-10-11-6-4-3-5-7-11/h3-8H,9-10H2,1-2H3. The Morgan fingerprint density at radius 1 is 1.37 bits per heavy atom. The molecule has 0 unspecified atom stereocenters. The first-order valence-electron chi connectivity index (χ1n) is 5.92. The van der Waals surface area contributed by atoms with E-state index < -0.39 is 0 Å². The van der Waals surface area contributed by atoms with Gasteiger partial charge in [0.25, 0.3) is 0 Å². The molecule has 0 saturated heterocycles. The van der Waals surface area contributed by atoms with Crippen molar-refractivity contribution in [3.63, 3.8) is 0 Å². The summed E-state index contributed by atoms with van der Waals surface area (Å²) in [4.78, 5) is 13.3. The second-order valence-corrected chi connectivity index (χ2v) is 4.25. The van der Waals surface area contributed by atoms with Crippen LogP contribution in [0.4, 0.5) is 4.79 Å². The topological polar surface area (TPSA) is 60.2 Å². The van der Waals surface area contributed by atoms with Crippen molar-refractivity contribution in [1.82, 2.24) is 19.9 Å². The average molecular weight is 260 g/mol. The largest absolute Gasteiger partial charge is 0.445 e. The van der Waals surface area contributed by atoms with Crippen molar-refractivity contribution in [3.05, 3.63) is 47.8 Å². The molecule has 0 atom stereocenters. The van der Waals surface area contributed by atoms with Crippen LogP contribution in [0.15, 0.2) is 36.5 Å². The van der Waals surface area contributed by atoms with Gasteiger partial charge in [-0.3, -0.25) is 4.68 Å². The minimum atomic E-state index is -0.370. The van der Waals surface area contributed by atoms with Gasteiger partial charge < -0.3 is 9.64 Å². The number of nitrogens with zero attached hydrogens (tertiary/aromatic N) is 4. The highest BCUT2D eigenvalue weighted by Crippen LogP contribution is 2.05. The lowest BCUT2D eigenvalue weighted by Crippen LogP contribution is -2.27. The van der Waals surface area contributed by atoms with Crippen LogP contribution in [-0.4, -0.2) is 33.0 Å². The molecule has 0 aliphatic carbocycles. The lowest BCUT2D eigenvalue weighted by Gasteiger charge is -2.16. The van der Waals surface area contributed by atoms with Gasteiger partial charge in [-0.2, -0.15) is 0 Å². The number of carbonyl (C=O) groups is 1. The molecule has 2 aromatic rings. The Balaban J connectivity index is 1.84. The monoisotopic (exact) mass is 260 g/mol. The maximum atomic E-state index is 11.8. The molecule has 0 aliphatic rings. The maximum Gasteiger partial charge on any atom is 0.410 e. The first-order chi connectivity index (χ1) is 9.16. The van der Waals surface area contributed by atoms with Gasteiger partial charge in [0, 0.05) is 14.1 Å². The molecule has 2 rings (SSSR count). The van der Waals surface area contributed by atoms with E-state index >= 15 is 0 Å². The highest BCUT2D eigenvalue weighted by atomic mass is 16.6. The number of hydrogen-bond acceptors (Lipinski definition) is 4. The van der Waals surface area contributed by atoms with Crippen LogP contribution in [-0.2, 0) is 24.9 Å². The normalized spacial score (nSPS) is 10.2. The lowest BCUT2D eigenvalue weighted by molar-refractivity contribution is 0.102. The molecule has 0 spiro atoms. The molecule has 0 bridgehead atoms. The molecule has 1 heterocycles. The van der Waals surface area contributed by atoms with Crippen LogP contribution in [0.5, 0.6) is 0 Å². The van der Waals surface area contributed by atoms with Crippen molar-refractivity contribution >= 4 is 6.09 Å². The van der Waals surface area contributed by atoms with Crippen LogP contribution in [0.1, 0.15) is 11.3 Å². The van der Waals surface area contributed by atoms with Crippen molar-refractivity contribution in [2.24, 2.45) is 7.05 Å². The number of aromatic nitrogens is 3. The average Bonchev–Trinajstić information content (AvgIpc) is 2.82. The van der Waals surface area contributed by atoms with Gasteiger partial charge in [-0.15, -0.1) is 5.10 Å². The smallest absolute Gasteiger partial charge is 0.410 e. The zero-order chi connectivity index (χ0) is 13.7. The molecule has 0 saturated carbocycles. The number of ether oxygens (including phenoxy) is 1. The van der Waals surface area contributed by atoms with E-state index in [0.29, 0.717) is 6.54 Å². The minimum absolute atomic E-state index is 0.271. The van der Waals surface area contributed by atoms with Crippen LogP contribution < -0.4 is 0 Å². The fraction of sp³-hybridized carbons (Fsp3) is 0.308. The van der Waals surface area contributed by atoms with Crippen LogP contribution >= 0.6 is 0 Å². The summed E-state index contributed by atoms with van der Waals surface area (Å²) in [6.45, 7) is 0.685. The molecule has 19 heavy (non-hydrogen) atoms. The fourth-order valence-corrected chi connectivity index (χ4v) is 1.59. The van der Waals surface area contributed by atoms with Crippen LogP contribution in [0.3, 0.4) is 0 Å². The maximum absolute atomic E-state index is 11.8. The van der Waals surface area contributed by atoms with E-state index in [0.717, 1.165) is 11.3 Å². The summed E-state index contributed by atoms with van der Waals surface area (Å²) in [5.74, 6) is 0. The van der Waals surface area contributed by atoms with Crippen molar-refractivity contribution in [3.8, 4) is 0 Å². The molecule has 6 nitrogen and oxygen atoms in total. The van der Waals surface area contributed by atoms with E-state index in [1.165, 1.54) is 4.90 Å². The number of amides is 1. The second-order valence-electron chi connectivity index (χ2n) is 4.25. The van der Waals surface area contributed by atoms with Crippen molar-refractivity contribution < 1.29 is 9.53 Å². The minimum Gasteiger partial charge on any atom is -0.445 e. The summed E-state index contributed by atoms with van der Waals surface area (Å²) in [5, 5.41) is 7.57. The zero-order valence-electron chi connectivity index (χ0n) is 11.0. The first kappa shape index (κ1) is 13.1. The molecular formula is C13H16N4O2. The summed E-state index contributed by atoms with van der Waals surface area (Å²) in [6.07, 6.45) is 1.26. The summed E-state index contributed by atoms with van der Waals surface area (Å²) in [6, 6.07) is 9.58. The third-order valence-corrected chi connectivity index (χ3v) is 2.72. The van der Waals surface area contributed by atoms with Crippen molar-refractivity contribution in [2.75, 3.05) is 7.05 Å². The van der Waals surface area contributed by atoms with Crippen LogP contribution in [0.25, 0.3) is 0 Å². The van der Waals surface area contributed by atoms with Gasteiger partial charge in [-0.05, 0) is 5.56 Å².